The van der Waals surface area contributed by atoms with E-state index in [1.807, 2.05) is 0 Å². The first-order valence-electron chi connectivity index (χ1n) is 4.22. The fourth-order valence-corrected chi connectivity index (χ4v) is 0.712. The molecule has 74 valence electrons. The van der Waals surface area contributed by atoms with Gasteiger partial charge in [0.15, 0.2) is 12.6 Å². The largest absolute Gasteiger partial charge is 0.368 e. The first-order chi connectivity index (χ1) is 5.63. The molecule has 0 spiro atoms. The Morgan fingerprint density at radius 1 is 0.917 bits per heavy atom. The smallest absolute Gasteiger partial charge is 0.151 e. The average molecular weight is 178 g/mol. The average Bonchev–Trinajstić information content (AvgIpc) is 1.95. The number of rotatable bonds is 7. The highest BCUT2D eigenvalue weighted by Gasteiger charge is 1.96. The maximum atomic E-state index is 8.70. The van der Waals surface area contributed by atoms with Crippen molar-refractivity contribution in [2.24, 2.45) is 0 Å². The topological polar surface area (TPSA) is 58.9 Å². The van der Waals surface area contributed by atoms with Crippen LogP contribution in [0.25, 0.3) is 0 Å². The van der Waals surface area contributed by atoms with Gasteiger partial charge in [0.2, 0.25) is 0 Å². The quantitative estimate of drug-likeness (QED) is 0.439. The van der Waals surface area contributed by atoms with Crippen LogP contribution in [-0.2, 0) is 9.47 Å². The lowest BCUT2D eigenvalue weighted by molar-refractivity contribution is -0.0979. The highest BCUT2D eigenvalue weighted by Crippen LogP contribution is 1.95. The van der Waals surface area contributed by atoms with Gasteiger partial charge >= 0.3 is 0 Å². The molecule has 0 fully saturated rings. The van der Waals surface area contributed by atoms with Crippen molar-refractivity contribution in [3.05, 3.63) is 0 Å². The molecule has 0 radical (unpaired) electrons. The molecule has 0 aromatic heterocycles. The van der Waals surface area contributed by atoms with Gasteiger partial charge in [-0.3, -0.25) is 0 Å². The summed E-state index contributed by atoms with van der Waals surface area (Å²) < 4.78 is 9.77. The van der Waals surface area contributed by atoms with E-state index in [-0.39, 0.29) is 0 Å². The van der Waals surface area contributed by atoms with Crippen LogP contribution in [0.2, 0.25) is 0 Å². The molecule has 0 aromatic rings. The molecule has 0 heterocycles. The van der Waals surface area contributed by atoms with Crippen LogP contribution in [0.1, 0.15) is 26.7 Å². The van der Waals surface area contributed by atoms with Gasteiger partial charge in [-0.15, -0.1) is 0 Å². The zero-order valence-electron chi connectivity index (χ0n) is 7.69. The molecule has 2 N–H and O–H groups in total. The van der Waals surface area contributed by atoms with Gasteiger partial charge < -0.3 is 19.7 Å². The van der Waals surface area contributed by atoms with Gasteiger partial charge in [-0.05, 0) is 26.7 Å². The van der Waals surface area contributed by atoms with Crippen molar-refractivity contribution in [3.63, 3.8) is 0 Å². The van der Waals surface area contributed by atoms with Crippen molar-refractivity contribution in [2.75, 3.05) is 13.2 Å². The first kappa shape index (κ1) is 11.8. The van der Waals surface area contributed by atoms with Crippen LogP contribution in [0.4, 0.5) is 0 Å². The molecule has 4 nitrogen and oxygen atoms in total. The van der Waals surface area contributed by atoms with Crippen LogP contribution in [-0.4, -0.2) is 36.0 Å². The van der Waals surface area contributed by atoms with Crippen molar-refractivity contribution >= 4 is 0 Å². The number of aliphatic hydroxyl groups is 2. The monoisotopic (exact) mass is 178 g/mol. The van der Waals surface area contributed by atoms with Gasteiger partial charge in [0.05, 0.1) is 0 Å². The van der Waals surface area contributed by atoms with Crippen molar-refractivity contribution in [3.8, 4) is 0 Å². The zero-order valence-corrected chi connectivity index (χ0v) is 7.69. The maximum absolute atomic E-state index is 8.70. The van der Waals surface area contributed by atoms with E-state index >= 15 is 0 Å². The van der Waals surface area contributed by atoms with E-state index in [0.717, 1.165) is 12.8 Å². The lowest BCUT2D eigenvalue weighted by Crippen LogP contribution is -2.10. The number of unbranched alkanes of at least 4 members (excludes halogenated alkanes) is 1. The van der Waals surface area contributed by atoms with Crippen LogP contribution in [0.3, 0.4) is 0 Å². The fraction of sp³-hybridized carbons (Fsp3) is 1.00. The Kier molecular flexibility index (Phi) is 7.39. The van der Waals surface area contributed by atoms with Crippen molar-refractivity contribution in [1.29, 1.82) is 0 Å². The molecule has 0 bridgehead atoms. The zero-order chi connectivity index (χ0) is 9.40. The van der Waals surface area contributed by atoms with Gasteiger partial charge in [-0.1, -0.05) is 0 Å². The molecule has 2 unspecified atom stereocenters. The van der Waals surface area contributed by atoms with Crippen LogP contribution in [0.15, 0.2) is 0 Å². The van der Waals surface area contributed by atoms with Crippen molar-refractivity contribution in [2.45, 2.75) is 39.3 Å². The molecule has 0 rings (SSSR count). The molecule has 0 amide bonds. The third-order valence-corrected chi connectivity index (χ3v) is 1.26. The number of ether oxygens (including phenoxy) is 2. The highest BCUT2D eigenvalue weighted by molar-refractivity contribution is 4.38. The number of hydrogen-bond acceptors (Lipinski definition) is 4. The minimum Gasteiger partial charge on any atom is -0.368 e. The van der Waals surface area contributed by atoms with E-state index in [2.05, 4.69) is 0 Å². The van der Waals surface area contributed by atoms with E-state index < -0.39 is 12.6 Å². The molecular weight excluding hydrogens is 160 g/mol. The van der Waals surface area contributed by atoms with Crippen molar-refractivity contribution in [1.82, 2.24) is 0 Å². The van der Waals surface area contributed by atoms with Crippen LogP contribution < -0.4 is 0 Å². The second-order valence-corrected chi connectivity index (χ2v) is 2.65. The Morgan fingerprint density at radius 2 is 1.25 bits per heavy atom. The Bertz CT molecular complexity index is 81.1. The standard InChI is InChI=1S/C8H18O4/c1-7(9)11-5-3-4-6-12-8(2)10/h7-10H,3-6H2,1-2H3. The van der Waals surface area contributed by atoms with Gasteiger partial charge in [0, 0.05) is 13.2 Å². The first-order valence-corrected chi connectivity index (χ1v) is 4.22. The van der Waals surface area contributed by atoms with Gasteiger partial charge in [0.25, 0.3) is 0 Å². The van der Waals surface area contributed by atoms with Gasteiger partial charge in [-0.2, -0.15) is 0 Å². The van der Waals surface area contributed by atoms with Crippen LogP contribution >= 0.6 is 0 Å². The molecule has 0 aromatic carbocycles. The summed E-state index contributed by atoms with van der Waals surface area (Å²) in [6, 6.07) is 0. The summed E-state index contributed by atoms with van der Waals surface area (Å²) in [6.07, 6.45) is 0.278. The summed E-state index contributed by atoms with van der Waals surface area (Å²) in [7, 11) is 0. The summed E-state index contributed by atoms with van der Waals surface area (Å²) in [4.78, 5) is 0. The summed E-state index contributed by atoms with van der Waals surface area (Å²) >= 11 is 0. The summed E-state index contributed by atoms with van der Waals surface area (Å²) in [5.41, 5.74) is 0. The summed E-state index contributed by atoms with van der Waals surface area (Å²) in [5, 5.41) is 17.4. The molecular formula is C8H18O4. The molecule has 12 heavy (non-hydrogen) atoms. The third kappa shape index (κ3) is 9.84. The predicted octanol–water partition coefficient (Wildman–Crippen LogP) is 0.476. The Balaban J connectivity index is 2.91. The van der Waals surface area contributed by atoms with Crippen molar-refractivity contribution < 1.29 is 19.7 Å². The predicted molar refractivity (Wildman–Crippen MR) is 44.5 cm³/mol. The van der Waals surface area contributed by atoms with Gasteiger partial charge in [-0.25, -0.2) is 0 Å². The summed E-state index contributed by atoms with van der Waals surface area (Å²) in [5.74, 6) is 0. The fourth-order valence-electron chi connectivity index (χ4n) is 0.712. The lowest BCUT2D eigenvalue weighted by Gasteiger charge is -2.07. The second kappa shape index (κ2) is 7.49. The number of aliphatic hydroxyl groups excluding tert-OH is 2. The maximum Gasteiger partial charge on any atom is 0.151 e. The molecule has 0 saturated heterocycles. The molecule has 0 aliphatic carbocycles. The van der Waals surface area contributed by atoms with Crippen LogP contribution in [0, 0.1) is 0 Å². The normalized spacial score (nSPS) is 16.0. The Morgan fingerprint density at radius 3 is 1.50 bits per heavy atom. The van der Waals surface area contributed by atoms with E-state index in [1.54, 1.807) is 13.8 Å². The second-order valence-electron chi connectivity index (χ2n) is 2.65. The minimum atomic E-state index is -0.692. The summed E-state index contributed by atoms with van der Waals surface area (Å²) in [6.45, 7) is 4.21. The van der Waals surface area contributed by atoms with Gasteiger partial charge in [0.1, 0.15) is 0 Å². The van der Waals surface area contributed by atoms with E-state index in [0.29, 0.717) is 13.2 Å². The molecule has 0 aliphatic heterocycles. The van der Waals surface area contributed by atoms with E-state index in [1.165, 1.54) is 0 Å². The molecule has 4 heteroatoms. The van der Waals surface area contributed by atoms with E-state index in [9.17, 15) is 0 Å². The van der Waals surface area contributed by atoms with Crippen LogP contribution in [0.5, 0.6) is 0 Å². The molecule has 0 saturated carbocycles. The SMILES string of the molecule is CC(O)OCCCCOC(C)O. The Hall–Kier alpha value is -0.160. The highest BCUT2D eigenvalue weighted by atomic mass is 16.6. The van der Waals surface area contributed by atoms with E-state index in [4.69, 9.17) is 19.7 Å². The Labute approximate surface area is 73.1 Å². The molecule has 2 atom stereocenters. The third-order valence-electron chi connectivity index (χ3n) is 1.26. The lowest BCUT2D eigenvalue weighted by atomic mass is 10.3. The number of hydrogen-bond donors (Lipinski definition) is 2. The minimum absolute atomic E-state index is 0.529. The molecule has 0 aliphatic rings.